The fourth-order valence-corrected chi connectivity index (χ4v) is 2.05. The molecule has 3 N–H and O–H groups in total. The number of carbonyl (C=O) groups excluding carboxylic acids is 2. The summed E-state index contributed by atoms with van der Waals surface area (Å²) in [7, 11) is -0.337. The Morgan fingerprint density at radius 1 is 1.40 bits per heavy atom. The maximum Gasteiger partial charge on any atom is 0.488 e. The summed E-state index contributed by atoms with van der Waals surface area (Å²) in [6, 6.07) is 6.50. The lowest BCUT2D eigenvalue weighted by Gasteiger charge is -2.27. The van der Waals surface area contributed by atoms with E-state index in [0.29, 0.717) is 11.0 Å². The average molecular weight is 279 g/mol. The van der Waals surface area contributed by atoms with Crippen LogP contribution >= 0.6 is 0 Å². The third-order valence-corrected chi connectivity index (χ3v) is 2.89. The van der Waals surface area contributed by atoms with Crippen LogP contribution < -0.4 is 10.8 Å². The SMILES string of the molecule is COC(=O)[C@](C)(Cc1cccc(B(O)O)c1)NC(C)=O. The average Bonchev–Trinajstić information content (AvgIpc) is 2.36. The monoisotopic (exact) mass is 279 g/mol. The van der Waals surface area contributed by atoms with Crippen LogP contribution in [-0.2, 0) is 20.7 Å². The zero-order chi connectivity index (χ0) is 15.3. The molecule has 0 fully saturated rings. The lowest BCUT2D eigenvalue weighted by Crippen LogP contribution is -2.53. The predicted octanol–water partition coefficient (Wildman–Crippen LogP) is -1.02. The zero-order valence-corrected chi connectivity index (χ0v) is 11.7. The van der Waals surface area contributed by atoms with Crippen molar-refractivity contribution >= 4 is 24.5 Å². The second-order valence-electron chi connectivity index (χ2n) is 4.80. The van der Waals surface area contributed by atoms with E-state index >= 15 is 0 Å². The van der Waals surface area contributed by atoms with Crippen molar-refractivity contribution in [3.05, 3.63) is 29.8 Å². The number of methoxy groups -OCH3 is 1. The van der Waals surface area contributed by atoms with Crippen molar-refractivity contribution in [2.24, 2.45) is 0 Å². The molecule has 0 aromatic heterocycles. The topological polar surface area (TPSA) is 95.9 Å². The van der Waals surface area contributed by atoms with Gasteiger partial charge in [0.1, 0.15) is 5.54 Å². The quantitative estimate of drug-likeness (QED) is 0.473. The minimum atomic E-state index is -1.58. The molecule has 1 rings (SSSR count). The van der Waals surface area contributed by atoms with Gasteiger partial charge in [-0.05, 0) is 17.9 Å². The predicted molar refractivity (Wildman–Crippen MR) is 74.2 cm³/mol. The lowest BCUT2D eigenvalue weighted by atomic mass is 9.78. The van der Waals surface area contributed by atoms with E-state index in [9.17, 15) is 9.59 Å². The number of benzene rings is 1. The van der Waals surface area contributed by atoms with Gasteiger partial charge in [-0.2, -0.15) is 0 Å². The Bertz CT molecular complexity index is 505. The molecule has 0 aliphatic carbocycles. The summed E-state index contributed by atoms with van der Waals surface area (Å²) in [5, 5.41) is 20.8. The smallest absolute Gasteiger partial charge is 0.467 e. The summed E-state index contributed by atoms with van der Waals surface area (Å²) in [4.78, 5) is 23.1. The molecule has 1 aromatic carbocycles. The van der Waals surface area contributed by atoms with E-state index in [0.717, 1.165) is 0 Å². The Morgan fingerprint density at radius 3 is 2.55 bits per heavy atom. The summed E-state index contributed by atoms with van der Waals surface area (Å²) in [5.41, 5.74) is -0.214. The second-order valence-corrected chi connectivity index (χ2v) is 4.80. The number of amides is 1. The number of ether oxygens (including phenoxy) is 1. The van der Waals surface area contributed by atoms with Crippen LogP contribution in [0.15, 0.2) is 24.3 Å². The van der Waals surface area contributed by atoms with Gasteiger partial charge >= 0.3 is 13.1 Å². The van der Waals surface area contributed by atoms with Crippen molar-refractivity contribution in [2.45, 2.75) is 25.8 Å². The highest BCUT2D eigenvalue weighted by Gasteiger charge is 2.35. The third-order valence-electron chi connectivity index (χ3n) is 2.89. The number of nitrogens with one attached hydrogen (secondary N) is 1. The van der Waals surface area contributed by atoms with Crippen LogP contribution in [0.2, 0.25) is 0 Å². The molecular weight excluding hydrogens is 261 g/mol. The molecule has 0 radical (unpaired) electrons. The van der Waals surface area contributed by atoms with Gasteiger partial charge in [0, 0.05) is 13.3 Å². The van der Waals surface area contributed by atoms with Gasteiger partial charge in [0.25, 0.3) is 0 Å². The van der Waals surface area contributed by atoms with E-state index < -0.39 is 18.6 Å². The summed E-state index contributed by atoms with van der Waals surface area (Å²) >= 11 is 0. The molecule has 0 bridgehead atoms. The highest BCUT2D eigenvalue weighted by molar-refractivity contribution is 6.58. The first kappa shape index (κ1) is 16.2. The molecule has 7 heteroatoms. The number of carbonyl (C=O) groups is 2. The molecule has 1 amide bonds. The number of esters is 1. The van der Waals surface area contributed by atoms with Gasteiger partial charge in [-0.25, -0.2) is 4.79 Å². The first-order valence-corrected chi connectivity index (χ1v) is 6.10. The van der Waals surface area contributed by atoms with Gasteiger partial charge in [-0.15, -0.1) is 0 Å². The summed E-state index contributed by atoms with van der Waals surface area (Å²) in [6.07, 6.45) is 0.180. The fraction of sp³-hybridized carbons (Fsp3) is 0.385. The maximum absolute atomic E-state index is 11.9. The fourth-order valence-electron chi connectivity index (χ4n) is 2.05. The van der Waals surface area contributed by atoms with E-state index in [1.807, 2.05) is 0 Å². The molecule has 1 atom stereocenters. The summed E-state index contributed by atoms with van der Waals surface area (Å²) < 4.78 is 4.71. The molecule has 108 valence electrons. The number of hydrogen-bond acceptors (Lipinski definition) is 5. The molecule has 6 nitrogen and oxygen atoms in total. The Kier molecular flexibility index (Phi) is 5.30. The summed E-state index contributed by atoms with van der Waals surface area (Å²) in [6.45, 7) is 2.87. The summed E-state index contributed by atoms with van der Waals surface area (Å²) in [5.74, 6) is -0.918. The van der Waals surface area contributed by atoms with E-state index in [1.165, 1.54) is 14.0 Å². The van der Waals surface area contributed by atoms with Gasteiger partial charge < -0.3 is 20.1 Å². The highest BCUT2D eigenvalue weighted by Crippen LogP contribution is 2.14. The van der Waals surface area contributed by atoms with Crippen molar-refractivity contribution in [1.82, 2.24) is 5.32 Å². The number of rotatable bonds is 5. The molecular formula is C13H18BNO5. The largest absolute Gasteiger partial charge is 0.488 e. The Hall–Kier alpha value is -1.86. The van der Waals surface area contributed by atoms with E-state index in [4.69, 9.17) is 14.8 Å². The normalized spacial score (nSPS) is 13.2. The van der Waals surface area contributed by atoms with Crippen LogP contribution in [0, 0.1) is 0 Å². The molecule has 0 aliphatic rings. The van der Waals surface area contributed by atoms with Gasteiger partial charge in [0.05, 0.1) is 7.11 Å². The van der Waals surface area contributed by atoms with Crippen LogP contribution in [0.25, 0.3) is 0 Å². The zero-order valence-electron chi connectivity index (χ0n) is 11.7. The molecule has 0 aliphatic heterocycles. The van der Waals surface area contributed by atoms with Crippen LogP contribution in [0.3, 0.4) is 0 Å². The molecule has 0 saturated heterocycles. The molecule has 0 unspecified atom stereocenters. The highest BCUT2D eigenvalue weighted by atomic mass is 16.5. The van der Waals surface area contributed by atoms with Crippen LogP contribution in [-0.4, -0.2) is 41.7 Å². The van der Waals surface area contributed by atoms with Crippen molar-refractivity contribution in [1.29, 1.82) is 0 Å². The van der Waals surface area contributed by atoms with Gasteiger partial charge in [0.2, 0.25) is 5.91 Å². The molecule has 20 heavy (non-hydrogen) atoms. The standard InChI is InChI=1S/C13H18BNO5/c1-9(16)15-13(2,12(17)20-3)8-10-5-4-6-11(7-10)14(18)19/h4-7,18-19H,8H2,1-3H3,(H,15,16)/t13-/m0/s1. The minimum Gasteiger partial charge on any atom is -0.467 e. The molecule has 0 heterocycles. The van der Waals surface area contributed by atoms with Crippen molar-refractivity contribution in [3.8, 4) is 0 Å². The minimum absolute atomic E-state index is 0.180. The van der Waals surface area contributed by atoms with Crippen molar-refractivity contribution in [2.75, 3.05) is 7.11 Å². The van der Waals surface area contributed by atoms with E-state index in [1.54, 1.807) is 31.2 Å². The van der Waals surface area contributed by atoms with Gasteiger partial charge in [0.15, 0.2) is 0 Å². The third kappa shape index (κ3) is 4.08. The molecule has 0 spiro atoms. The Morgan fingerprint density at radius 2 is 2.05 bits per heavy atom. The first-order valence-electron chi connectivity index (χ1n) is 6.10. The van der Waals surface area contributed by atoms with E-state index in [-0.39, 0.29) is 12.3 Å². The van der Waals surface area contributed by atoms with Crippen LogP contribution in [0.5, 0.6) is 0 Å². The molecule has 0 saturated carbocycles. The second kappa shape index (κ2) is 6.54. The molecule has 1 aromatic rings. The Labute approximate surface area is 117 Å². The first-order chi connectivity index (χ1) is 9.28. The van der Waals surface area contributed by atoms with Crippen molar-refractivity contribution < 1.29 is 24.4 Å². The maximum atomic E-state index is 11.9. The van der Waals surface area contributed by atoms with Crippen LogP contribution in [0.4, 0.5) is 0 Å². The van der Waals surface area contributed by atoms with E-state index in [2.05, 4.69) is 5.32 Å². The van der Waals surface area contributed by atoms with Gasteiger partial charge in [-0.1, -0.05) is 24.3 Å². The Balaban J connectivity index is 3.03. The van der Waals surface area contributed by atoms with Crippen LogP contribution in [0.1, 0.15) is 19.4 Å². The van der Waals surface area contributed by atoms with Crippen molar-refractivity contribution in [3.63, 3.8) is 0 Å². The number of hydrogen-bond donors (Lipinski definition) is 3. The van der Waals surface area contributed by atoms with Gasteiger partial charge in [-0.3, -0.25) is 4.79 Å². The lowest BCUT2D eigenvalue weighted by molar-refractivity contribution is -0.149.